The van der Waals surface area contributed by atoms with Gasteiger partial charge in [0, 0.05) is 6.54 Å². The summed E-state index contributed by atoms with van der Waals surface area (Å²) in [5.41, 5.74) is 0.219. The van der Waals surface area contributed by atoms with E-state index in [0.29, 0.717) is 0 Å². The first-order chi connectivity index (χ1) is 9.92. The number of amides is 1. The summed E-state index contributed by atoms with van der Waals surface area (Å²) in [5, 5.41) is 3.07. The number of nitrogens with zero attached hydrogens (tertiary/aromatic N) is 1. The second-order valence-corrected chi connectivity index (χ2v) is 6.38. The first-order valence-electron chi connectivity index (χ1n) is 7.73. The zero-order valence-corrected chi connectivity index (χ0v) is 13.2. The molecule has 1 heterocycles. The third-order valence-corrected chi connectivity index (χ3v) is 4.27. The van der Waals surface area contributed by atoms with Gasteiger partial charge in [-0.15, -0.1) is 0 Å². The molecule has 116 valence electrons. The third-order valence-electron chi connectivity index (χ3n) is 4.27. The predicted molar refractivity (Wildman–Crippen MR) is 82.4 cm³/mol. The summed E-state index contributed by atoms with van der Waals surface area (Å²) in [5.74, 6) is -0.223. The summed E-state index contributed by atoms with van der Waals surface area (Å²) in [4.78, 5) is 14.8. The van der Waals surface area contributed by atoms with Gasteiger partial charge in [0.1, 0.15) is 5.82 Å². The van der Waals surface area contributed by atoms with Gasteiger partial charge in [-0.1, -0.05) is 19.1 Å². The molecular weight excluding hydrogens is 267 g/mol. The van der Waals surface area contributed by atoms with Gasteiger partial charge in [-0.2, -0.15) is 0 Å². The molecule has 0 unspecified atom stereocenters. The van der Waals surface area contributed by atoms with Crippen molar-refractivity contribution in [3.63, 3.8) is 0 Å². The maximum atomic E-state index is 13.4. The summed E-state index contributed by atoms with van der Waals surface area (Å²) in [6.45, 7) is 8.88. The first kappa shape index (κ1) is 16.0. The van der Waals surface area contributed by atoms with E-state index in [4.69, 9.17) is 0 Å². The van der Waals surface area contributed by atoms with Crippen molar-refractivity contribution in [2.75, 3.05) is 19.6 Å². The fourth-order valence-electron chi connectivity index (χ4n) is 2.63. The molecule has 1 saturated heterocycles. The van der Waals surface area contributed by atoms with Crippen molar-refractivity contribution in [2.24, 2.45) is 5.92 Å². The van der Waals surface area contributed by atoms with Gasteiger partial charge in [-0.25, -0.2) is 4.39 Å². The normalized spacial score (nSPS) is 17.1. The van der Waals surface area contributed by atoms with Crippen molar-refractivity contribution >= 4 is 5.91 Å². The minimum absolute atomic E-state index is 0.00173. The minimum Gasteiger partial charge on any atom is -0.347 e. The van der Waals surface area contributed by atoms with E-state index >= 15 is 0 Å². The van der Waals surface area contributed by atoms with E-state index < -0.39 is 5.54 Å². The molecule has 2 rings (SSSR count). The maximum Gasteiger partial charge on any atom is 0.225 e. The fraction of sp³-hybridized carbons (Fsp3) is 0.588. The van der Waals surface area contributed by atoms with Crippen LogP contribution >= 0.6 is 0 Å². The topological polar surface area (TPSA) is 32.3 Å². The van der Waals surface area contributed by atoms with Crippen LogP contribution in [0.1, 0.15) is 39.2 Å². The smallest absolute Gasteiger partial charge is 0.225 e. The second kappa shape index (κ2) is 6.56. The van der Waals surface area contributed by atoms with Crippen LogP contribution in [0.3, 0.4) is 0 Å². The van der Waals surface area contributed by atoms with Gasteiger partial charge in [0.2, 0.25) is 5.91 Å². The van der Waals surface area contributed by atoms with Crippen molar-refractivity contribution in [3.05, 3.63) is 35.6 Å². The molecule has 1 N–H and O–H groups in total. The van der Waals surface area contributed by atoms with Crippen LogP contribution < -0.4 is 5.32 Å². The molecule has 1 atom stereocenters. The van der Waals surface area contributed by atoms with Gasteiger partial charge in [0.05, 0.1) is 11.5 Å². The van der Waals surface area contributed by atoms with Crippen LogP contribution in [0.15, 0.2) is 24.3 Å². The predicted octanol–water partition coefficient (Wildman–Crippen LogP) is 2.91. The molecule has 3 nitrogen and oxygen atoms in total. The Bertz CT molecular complexity index is 497. The molecule has 1 amide bonds. The Morgan fingerprint density at radius 1 is 1.43 bits per heavy atom. The Morgan fingerprint density at radius 2 is 2.14 bits per heavy atom. The standard InChI is InChI=1S/C17H25FN2O/c1-4-13(12-20-9-6-10-20)16(21)19-17(2,3)14-7-5-8-15(18)11-14/h5,7-8,11,13H,4,6,9-10,12H2,1-3H3,(H,19,21)/t13-/m0/s1. The highest BCUT2D eigenvalue weighted by Crippen LogP contribution is 2.22. The highest BCUT2D eigenvalue weighted by molar-refractivity contribution is 5.79. The quantitative estimate of drug-likeness (QED) is 0.874. The Balaban J connectivity index is 2.01. The number of benzene rings is 1. The molecule has 1 aromatic rings. The highest BCUT2D eigenvalue weighted by atomic mass is 19.1. The average molecular weight is 292 g/mol. The van der Waals surface area contributed by atoms with Crippen LogP contribution in [-0.4, -0.2) is 30.4 Å². The van der Waals surface area contributed by atoms with E-state index in [-0.39, 0.29) is 17.6 Å². The first-order valence-corrected chi connectivity index (χ1v) is 7.73. The van der Waals surface area contributed by atoms with Gasteiger partial charge >= 0.3 is 0 Å². The maximum absolute atomic E-state index is 13.4. The van der Waals surface area contributed by atoms with E-state index in [9.17, 15) is 9.18 Å². The van der Waals surface area contributed by atoms with Crippen LogP contribution in [0.25, 0.3) is 0 Å². The van der Waals surface area contributed by atoms with E-state index in [2.05, 4.69) is 10.2 Å². The molecule has 21 heavy (non-hydrogen) atoms. The van der Waals surface area contributed by atoms with Crippen molar-refractivity contribution < 1.29 is 9.18 Å². The van der Waals surface area contributed by atoms with E-state index in [0.717, 1.165) is 31.6 Å². The van der Waals surface area contributed by atoms with Crippen LogP contribution in [0.5, 0.6) is 0 Å². The van der Waals surface area contributed by atoms with Crippen molar-refractivity contribution in [1.82, 2.24) is 10.2 Å². The molecule has 0 aliphatic carbocycles. The van der Waals surface area contributed by atoms with E-state index in [1.54, 1.807) is 6.07 Å². The van der Waals surface area contributed by atoms with Crippen molar-refractivity contribution in [2.45, 2.75) is 39.2 Å². The third kappa shape index (κ3) is 4.03. The van der Waals surface area contributed by atoms with Gasteiger partial charge in [-0.05, 0) is 57.5 Å². The molecule has 1 fully saturated rings. The Kier molecular flexibility index (Phi) is 4.99. The monoisotopic (exact) mass is 292 g/mol. The molecule has 0 aromatic heterocycles. The van der Waals surface area contributed by atoms with Gasteiger partial charge in [0.15, 0.2) is 0 Å². The van der Waals surface area contributed by atoms with Gasteiger partial charge in [-0.3, -0.25) is 4.79 Å². The van der Waals surface area contributed by atoms with Crippen LogP contribution in [0, 0.1) is 11.7 Å². The average Bonchev–Trinajstić information content (AvgIpc) is 2.37. The van der Waals surface area contributed by atoms with Gasteiger partial charge in [0.25, 0.3) is 0 Å². The van der Waals surface area contributed by atoms with Crippen molar-refractivity contribution in [3.8, 4) is 0 Å². The SMILES string of the molecule is CC[C@@H](CN1CCC1)C(=O)NC(C)(C)c1cccc(F)c1. The molecule has 1 aromatic carbocycles. The fourth-order valence-corrected chi connectivity index (χ4v) is 2.63. The summed E-state index contributed by atoms with van der Waals surface area (Å²) in [6.07, 6.45) is 2.05. The lowest BCUT2D eigenvalue weighted by atomic mass is 9.92. The number of hydrogen-bond acceptors (Lipinski definition) is 2. The van der Waals surface area contributed by atoms with Crippen LogP contribution in [0.2, 0.25) is 0 Å². The molecule has 0 saturated carbocycles. The largest absolute Gasteiger partial charge is 0.347 e. The number of carbonyl (C=O) groups is 1. The zero-order valence-electron chi connectivity index (χ0n) is 13.2. The zero-order chi connectivity index (χ0) is 15.5. The summed E-state index contributed by atoms with van der Waals surface area (Å²) < 4.78 is 13.4. The lowest BCUT2D eigenvalue weighted by Gasteiger charge is -2.35. The number of carbonyl (C=O) groups excluding carboxylic acids is 1. The van der Waals surface area contributed by atoms with Crippen molar-refractivity contribution in [1.29, 1.82) is 0 Å². The number of nitrogens with one attached hydrogen (secondary N) is 1. The Morgan fingerprint density at radius 3 is 2.67 bits per heavy atom. The Hall–Kier alpha value is -1.42. The number of halogens is 1. The second-order valence-electron chi connectivity index (χ2n) is 6.38. The summed E-state index contributed by atoms with van der Waals surface area (Å²) in [6, 6.07) is 6.42. The van der Waals surface area contributed by atoms with Gasteiger partial charge < -0.3 is 10.2 Å². The van der Waals surface area contributed by atoms with Crippen LogP contribution in [-0.2, 0) is 10.3 Å². The molecule has 1 aliphatic rings. The minimum atomic E-state index is -0.568. The number of hydrogen-bond donors (Lipinski definition) is 1. The van der Waals surface area contributed by atoms with E-state index in [1.165, 1.54) is 18.6 Å². The number of likely N-dealkylation sites (tertiary alicyclic amines) is 1. The Labute approximate surface area is 126 Å². The molecule has 0 bridgehead atoms. The lowest BCUT2D eigenvalue weighted by molar-refractivity contribution is -0.127. The molecule has 4 heteroatoms. The summed E-state index contributed by atoms with van der Waals surface area (Å²) in [7, 11) is 0. The highest BCUT2D eigenvalue weighted by Gasteiger charge is 2.29. The van der Waals surface area contributed by atoms with E-state index in [1.807, 2.05) is 26.8 Å². The lowest BCUT2D eigenvalue weighted by Crippen LogP contribution is -2.48. The van der Waals surface area contributed by atoms with Crippen LogP contribution in [0.4, 0.5) is 4.39 Å². The molecule has 0 radical (unpaired) electrons. The molecular formula is C17H25FN2O. The molecule has 0 spiro atoms. The number of rotatable bonds is 6. The molecule has 1 aliphatic heterocycles. The summed E-state index contributed by atoms with van der Waals surface area (Å²) >= 11 is 0.